The molecule has 0 radical (unpaired) electrons. The predicted octanol–water partition coefficient (Wildman–Crippen LogP) is 4.45. The van der Waals surface area contributed by atoms with Gasteiger partial charge in [-0.25, -0.2) is 4.90 Å². The average Bonchev–Trinajstić information content (AvgIpc) is 2.96. The highest BCUT2D eigenvalue weighted by Gasteiger charge is 2.48. The second kappa shape index (κ2) is 7.84. The highest BCUT2D eigenvalue weighted by Crippen LogP contribution is 2.40. The largest absolute Gasteiger partial charge is 0.485 e. The lowest BCUT2D eigenvalue weighted by Crippen LogP contribution is -2.30. The zero-order valence-electron chi connectivity index (χ0n) is 15.9. The number of nitrogens with zero attached hydrogens (tertiary/aromatic N) is 1. The van der Waals surface area contributed by atoms with E-state index in [9.17, 15) is 14.4 Å². The normalized spacial score (nSPS) is 21.0. The van der Waals surface area contributed by atoms with E-state index >= 15 is 0 Å². The van der Waals surface area contributed by atoms with Crippen LogP contribution in [-0.4, -0.2) is 24.2 Å². The van der Waals surface area contributed by atoms with Gasteiger partial charge in [0.2, 0.25) is 11.8 Å². The molecule has 1 saturated heterocycles. The third-order valence-corrected chi connectivity index (χ3v) is 5.69. The van der Waals surface area contributed by atoms with Gasteiger partial charge in [0, 0.05) is 16.7 Å². The summed E-state index contributed by atoms with van der Waals surface area (Å²) in [5, 5.41) is 0.557. The van der Waals surface area contributed by atoms with Gasteiger partial charge < -0.3 is 4.74 Å². The number of benzene rings is 2. The minimum atomic E-state index is -0.290. The van der Waals surface area contributed by atoms with Crippen molar-refractivity contribution < 1.29 is 19.1 Å². The van der Waals surface area contributed by atoms with Crippen molar-refractivity contribution in [3.05, 3.63) is 70.8 Å². The second-order valence-electron chi connectivity index (χ2n) is 7.43. The molecule has 0 aromatic heterocycles. The van der Waals surface area contributed by atoms with Crippen LogP contribution in [0.2, 0.25) is 5.02 Å². The molecule has 1 aliphatic carbocycles. The van der Waals surface area contributed by atoms with Gasteiger partial charge in [-0.3, -0.25) is 14.4 Å². The molecule has 2 aromatic carbocycles. The van der Waals surface area contributed by atoms with Crippen molar-refractivity contribution in [3.63, 3.8) is 0 Å². The van der Waals surface area contributed by atoms with Crippen molar-refractivity contribution in [2.45, 2.75) is 19.8 Å². The van der Waals surface area contributed by atoms with Gasteiger partial charge in [0.1, 0.15) is 5.75 Å². The molecule has 2 aromatic rings. The fourth-order valence-electron chi connectivity index (χ4n) is 3.87. The van der Waals surface area contributed by atoms with E-state index in [4.69, 9.17) is 16.3 Å². The molecule has 0 N–H and O–H groups in total. The summed E-state index contributed by atoms with van der Waals surface area (Å²) >= 11 is 5.84. The zero-order valence-corrected chi connectivity index (χ0v) is 16.7. The average molecular weight is 410 g/mol. The summed E-state index contributed by atoms with van der Waals surface area (Å²) in [4.78, 5) is 39.2. The van der Waals surface area contributed by atoms with Crippen LogP contribution in [0.15, 0.2) is 60.2 Å². The Morgan fingerprint density at radius 2 is 1.83 bits per heavy atom. The lowest BCUT2D eigenvalue weighted by Gasteiger charge is -2.18. The number of allylic oxidation sites excluding steroid dienone is 2. The summed E-state index contributed by atoms with van der Waals surface area (Å²) < 4.78 is 5.62. The SMILES string of the molecule is CC1=CCC2C(=O)N(c3cccc(OCC(=O)c4ccc(Cl)cc4)c3)C(=O)C2C1. The number of carbonyl (C=O) groups is 3. The molecule has 5 nitrogen and oxygen atoms in total. The van der Waals surface area contributed by atoms with Crippen LogP contribution in [0.5, 0.6) is 5.75 Å². The molecule has 1 aliphatic heterocycles. The summed E-state index contributed by atoms with van der Waals surface area (Å²) in [5.41, 5.74) is 2.12. The van der Waals surface area contributed by atoms with Gasteiger partial charge in [0.15, 0.2) is 12.4 Å². The third kappa shape index (κ3) is 3.83. The van der Waals surface area contributed by atoms with Crippen LogP contribution < -0.4 is 9.64 Å². The van der Waals surface area contributed by atoms with E-state index in [1.54, 1.807) is 48.5 Å². The fourth-order valence-corrected chi connectivity index (χ4v) is 4.00. The molecule has 0 spiro atoms. The van der Waals surface area contributed by atoms with Crippen molar-refractivity contribution in [2.75, 3.05) is 11.5 Å². The summed E-state index contributed by atoms with van der Waals surface area (Å²) in [6, 6.07) is 13.3. The molecule has 2 aliphatic rings. The van der Waals surface area contributed by atoms with Crippen LogP contribution in [0.3, 0.4) is 0 Å². The van der Waals surface area contributed by atoms with Gasteiger partial charge in [0.05, 0.1) is 17.5 Å². The van der Waals surface area contributed by atoms with Gasteiger partial charge in [-0.05, 0) is 56.2 Å². The van der Waals surface area contributed by atoms with E-state index in [0.717, 1.165) is 5.57 Å². The van der Waals surface area contributed by atoms with Crippen LogP contribution in [0.1, 0.15) is 30.1 Å². The number of fused-ring (bicyclic) bond motifs is 1. The maximum Gasteiger partial charge on any atom is 0.238 e. The second-order valence-corrected chi connectivity index (χ2v) is 7.87. The number of Topliss-reactive ketones (excluding diaryl/α,β-unsaturated/α-hetero) is 1. The first-order chi connectivity index (χ1) is 13.9. The molecular weight excluding hydrogens is 390 g/mol. The molecule has 2 amide bonds. The first kappa shape index (κ1) is 19.4. The van der Waals surface area contributed by atoms with Gasteiger partial charge >= 0.3 is 0 Å². The van der Waals surface area contributed by atoms with Gasteiger partial charge in [-0.2, -0.15) is 0 Å². The number of hydrogen-bond donors (Lipinski definition) is 0. The molecule has 0 bridgehead atoms. The molecule has 2 atom stereocenters. The maximum atomic E-state index is 12.9. The third-order valence-electron chi connectivity index (χ3n) is 5.43. The lowest BCUT2D eigenvalue weighted by atomic mass is 9.82. The number of carbonyl (C=O) groups excluding carboxylic acids is 3. The van der Waals surface area contributed by atoms with Crippen LogP contribution in [-0.2, 0) is 9.59 Å². The Kier molecular flexibility index (Phi) is 5.24. The van der Waals surface area contributed by atoms with Crippen molar-refractivity contribution in [2.24, 2.45) is 11.8 Å². The first-order valence-corrected chi connectivity index (χ1v) is 9.87. The fraction of sp³-hybridized carbons (Fsp3) is 0.261. The number of hydrogen-bond acceptors (Lipinski definition) is 4. The van der Waals surface area contributed by atoms with Crippen LogP contribution in [0.25, 0.3) is 0 Å². The van der Waals surface area contributed by atoms with E-state index in [-0.39, 0.29) is 36.0 Å². The van der Waals surface area contributed by atoms with Gasteiger partial charge in [-0.1, -0.05) is 29.3 Å². The Hall–Kier alpha value is -2.92. The first-order valence-electron chi connectivity index (χ1n) is 9.49. The van der Waals surface area contributed by atoms with Crippen molar-refractivity contribution >= 4 is 34.9 Å². The van der Waals surface area contributed by atoms with Crippen molar-refractivity contribution in [3.8, 4) is 5.75 Å². The Labute approximate surface area is 173 Å². The summed E-state index contributed by atoms with van der Waals surface area (Å²) in [6.07, 6.45) is 3.26. The number of rotatable bonds is 5. The Morgan fingerprint density at radius 1 is 1.10 bits per heavy atom. The van der Waals surface area contributed by atoms with Gasteiger partial charge in [-0.15, -0.1) is 0 Å². The number of ether oxygens (including phenoxy) is 1. The molecule has 148 valence electrons. The minimum absolute atomic E-state index is 0.151. The Balaban J connectivity index is 1.48. The molecule has 0 saturated carbocycles. The number of imide groups is 1. The number of halogens is 1. The predicted molar refractivity (Wildman–Crippen MR) is 110 cm³/mol. The molecule has 6 heteroatoms. The smallest absolute Gasteiger partial charge is 0.238 e. The van der Waals surface area contributed by atoms with Gasteiger partial charge in [0.25, 0.3) is 0 Å². The highest BCUT2D eigenvalue weighted by atomic mass is 35.5. The summed E-state index contributed by atoms with van der Waals surface area (Å²) in [6.45, 7) is 1.84. The van der Waals surface area contributed by atoms with Crippen molar-refractivity contribution in [1.82, 2.24) is 0 Å². The quantitative estimate of drug-likeness (QED) is 0.416. The molecular formula is C23H20ClNO4. The summed E-state index contributed by atoms with van der Waals surface area (Å²) in [7, 11) is 0. The van der Waals surface area contributed by atoms with E-state index in [2.05, 4.69) is 0 Å². The standard InChI is InChI=1S/C23H20ClNO4/c1-14-5-10-19-20(11-14)23(28)25(22(19)27)17-3-2-4-18(12-17)29-13-21(26)15-6-8-16(24)9-7-15/h2-9,12,19-20H,10-11,13H2,1H3. The lowest BCUT2D eigenvalue weighted by molar-refractivity contribution is -0.122. The molecule has 1 heterocycles. The number of amides is 2. The Morgan fingerprint density at radius 3 is 2.59 bits per heavy atom. The topological polar surface area (TPSA) is 63.7 Å². The van der Waals surface area contributed by atoms with Crippen LogP contribution in [0.4, 0.5) is 5.69 Å². The van der Waals surface area contributed by atoms with E-state index < -0.39 is 0 Å². The molecule has 29 heavy (non-hydrogen) atoms. The molecule has 1 fully saturated rings. The minimum Gasteiger partial charge on any atom is -0.485 e. The molecule has 2 unspecified atom stereocenters. The number of anilines is 1. The van der Waals surface area contributed by atoms with E-state index in [0.29, 0.717) is 34.9 Å². The van der Waals surface area contributed by atoms with Crippen molar-refractivity contribution in [1.29, 1.82) is 0 Å². The van der Waals surface area contributed by atoms with Crippen LogP contribution >= 0.6 is 11.6 Å². The Bertz CT molecular complexity index is 1010. The van der Waals surface area contributed by atoms with Crippen LogP contribution in [0, 0.1) is 11.8 Å². The van der Waals surface area contributed by atoms with E-state index in [1.807, 2.05) is 13.0 Å². The molecule has 4 rings (SSSR count). The number of ketones is 1. The zero-order chi connectivity index (χ0) is 20.5. The summed E-state index contributed by atoms with van der Waals surface area (Å²) in [5.74, 6) is -0.673. The maximum absolute atomic E-state index is 12.9. The monoisotopic (exact) mass is 409 g/mol. The van der Waals surface area contributed by atoms with E-state index in [1.165, 1.54) is 4.90 Å². The highest BCUT2D eigenvalue weighted by molar-refractivity contribution is 6.30.